The van der Waals surface area contributed by atoms with Gasteiger partial charge in [-0.15, -0.1) is 0 Å². The molecule has 0 N–H and O–H groups in total. The van der Waals surface area contributed by atoms with E-state index in [-0.39, 0.29) is 10.9 Å². The van der Waals surface area contributed by atoms with Crippen LogP contribution in [-0.4, -0.2) is 43.5 Å². The van der Waals surface area contributed by atoms with Crippen LogP contribution in [-0.2, 0) is 21.4 Å². The van der Waals surface area contributed by atoms with Gasteiger partial charge in [-0.1, -0.05) is 0 Å². The fourth-order valence-electron chi connectivity index (χ4n) is 2.56. The number of rotatable bonds is 5. The van der Waals surface area contributed by atoms with Crippen molar-refractivity contribution in [3.05, 3.63) is 54.4 Å². The van der Waals surface area contributed by atoms with Crippen LogP contribution in [0.15, 0.2) is 53.7 Å². The van der Waals surface area contributed by atoms with Gasteiger partial charge in [0, 0.05) is 25.0 Å². The summed E-state index contributed by atoms with van der Waals surface area (Å²) in [7, 11) is -3.51. The molecule has 1 aromatic carbocycles. The zero-order chi connectivity index (χ0) is 17.0. The highest BCUT2D eigenvalue weighted by atomic mass is 32.2. The number of hydrogen-bond donors (Lipinski definition) is 0. The number of morpholine rings is 1. The molecule has 1 aliphatic rings. The molecule has 0 unspecified atom stereocenters. The van der Waals surface area contributed by atoms with Gasteiger partial charge in [0.15, 0.2) is 0 Å². The van der Waals surface area contributed by atoms with Gasteiger partial charge >= 0.3 is 0 Å². The Balaban J connectivity index is 1.69. The number of pyridine rings is 1. The Labute approximate surface area is 142 Å². The topological polar surface area (TPSA) is 68.7 Å². The average molecular weight is 348 g/mol. The predicted molar refractivity (Wildman–Crippen MR) is 89.2 cm³/mol. The first-order valence-electron chi connectivity index (χ1n) is 7.79. The molecule has 1 aromatic heterocycles. The van der Waals surface area contributed by atoms with Crippen LogP contribution in [0.3, 0.4) is 0 Å². The van der Waals surface area contributed by atoms with Gasteiger partial charge in [0.1, 0.15) is 12.4 Å². The Hall–Kier alpha value is -1.96. The van der Waals surface area contributed by atoms with Gasteiger partial charge < -0.3 is 9.47 Å². The van der Waals surface area contributed by atoms with E-state index in [4.69, 9.17) is 9.47 Å². The maximum atomic E-state index is 12.7. The van der Waals surface area contributed by atoms with Crippen molar-refractivity contribution in [2.24, 2.45) is 0 Å². The molecule has 24 heavy (non-hydrogen) atoms. The van der Waals surface area contributed by atoms with Crippen molar-refractivity contribution in [1.82, 2.24) is 9.29 Å². The molecule has 2 aromatic rings. The first-order valence-corrected chi connectivity index (χ1v) is 9.23. The Bertz CT molecular complexity index is 763. The fourth-order valence-corrected chi connectivity index (χ4v) is 4.16. The second kappa shape index (κ2) is 7.29. The van der Waals surface area contributed by atoms with E-state index in [2.05, 4.69) is 4.98 Å². The molecule has 7 heteroatoms. The van der Waals surface area contributed by atoms with Crippen molar-refractivity contribution in [1.29, 1.82) is 0 Å². The van der Waals surface area contributed by atoms with E-state index in [1.807, 2.05) is 19.1 Å². The summed E-state index contributed by atoms with van der Waals surface area (Å²) in [4.78, 5) is 4.22. The lowest BCUT2D eigenvalue weighted by atomic mass is 10.3. The maximum Gasteiger partial charge on any atom is 0.243 e. The van der Waals surface area contributed by atoms with Crippen molar-refractivity contribution < 1.29 is 17.9 Å². The quantitative estimate of drug-likeness (QED) is 0.827. The molecule has 0 saturated carbocycles. The third-order valence-corrected chi connectivity index (χ3v) is 5.92. The van der Waals surface area contributed by atoms with E-state index in [0.717, 1.165) is 5.56 Å². The van der Waals surface area contributed by atoms with Gasteiger partial charge in [0.2, 0.25) is 10.0 Å². The Morgan fingerprint density at radius 2 is 1.92 bits per heavy atom. The highest BCUT2D eigenvalue weighted by molar-refractivity contribution is 7.89. The first-order chi connectivity index (χ1) is 11.6. The van der Waals surface area contributed by atoms with Crippen molar-refractivity contribution >= 4 is 10.0 Å². The first kappa shape index (κ1) is 16.9. The molecule has 1 aliphatic heterocycles. The van der Waals surface area contributed by atoms with Gasteiger partial charge in [-0.3, -0.25) is 4.98 Å². The number of aromatic nitrogens is 1. The molecule has 2 heterocycles. The fraction of sp³-hybridized carbons (Fsp3) is 0.353. The van der Waals surface area contributed by atoms with Crippen LogP contribution in [0.5, 0.6) is 5.75 Å². The van der Waals surface area contributed by atoms with Crippen LogP contribution >= 0.6 is 0 Å². The number of hydrogen-bond acceptors (Lipinski definition) is 5. The van der Waals surface area contributed by atoms with Crippen molar-refractivity contribution in [2.45, 2.75) is 24.5 Å². The van der Waals surface area contributed by atoms with Crippen LogP contribution in [0.1, 0.15) is 12.5 Å². The maximum absolute atomic E-state index is 12.7. The molecule has 0 bridgehead atoms. The van der Waals surface area contributed by atoms with Gasteiger partial charge in [-0.2, -0.15) is 4.31 Å². The second-order valence-corrected chi connectivity index (χ2v) is 7.55. The van der Waals surface area contributed by atoms with E-state index in [1.165, 1.54) is 4.31 Å². The Kier molecular flexibility index (Phi) is 5.13. The van der Waals surface area contributed by atoms with E-state index < -0.39 is 10.0 Å². The van der Waals surface area contributed by atoms with Crippen molar-refractivity contribution in [3.8, 4) is 5.75 Å². The summed E-state index contributed by atoms with van der Waals surface area (Å²) >= 11 is 0. The summed E-state index contributed by atoms with van der Waals surface area (Å²) in [5.41, 5.74) is 1.00. The molecule has 3 rings (SSSR count). The molecule has 0 spiro atoms. The summed E-state index contributed by atoms with van der Waals surface area (Å²) in [6, 6.07) is 10.1. The van der Waals surface area contributed by atoms with Crippen LogP contribution < -0.4 is 4.74 Å². The third-order valence-electron chi connectivity index (χ3n) is 3.89. The zero-order valence-electron chi connectivity index (χ0n) is 13.5. The van der Waals surface area contributed by atoms with E-state index in [1.54, 1.807) is 36.7 Å². The monoisotopic (exact) mass is 348 g/mol. The Morgan fingerprint density at radius 1 is 1.21 bits per heavy atom. The average Bonchev–Trinajstić information content (AvgIpc) is 2.61. The summed E-state index contributed by atoms with van der Waals surface area (Å²) in [6.07, 6.45) is 3.41. The molecule has 1 atom stereocenters. The summed E-state index contributed by atoms with van der Waals surface area (Å²) in [5.74, 6) is 0.626. The number of nitrogens with zero attached hydrogens (tertiary/aromatic N) is 2. The molecule has 0 radical (unpaired) electrons. The highest BCUT2D eigenvalue weighted by Crippen LogP contribution is 2.23. The minimum atomic E-state index is -3.51. The summed E-state index contributed by atoms with van der Waals surface area (Å²) in [5, 5.41) is 0. The van der Waals surface area contributed by atoms with Crippen LogP contribution in [0.25, 0.3) is 0 Å². The molecule has 128 valence electrons. The van der Waals surface area contributed by atoms with Crippen LogP contribution in [0, 0.1) is 0 Å². The lowest BCUT2D eigenvalue weighted by Crippen LogP contribution is -2.46. The van der Waals surface area contributed by atoms with Crippen molar-refractivity contribution in [2.75, 3.05) is 19.8 Å². The van der Waals surface area contributed by atoms with E-state index in [9.17, 15) is 8.42 Å². The number of benzene rings is 1. The molecule has 1 fully saturated rings. The Morgan fingerprint density at radius 3 is 2.58 bits per heavy atom. The standard InChI is InChI=1S/C17H20N2O4S/c1-14-12-22-11-10-19(14)24(20,21)17-4-2-16(3-5-17)23-13-15-6-8-18-9-7-15/h2-9,14H,10-13H2,1H3/t14-/m1/s1. The SMILES string of the molecule is C[C@@H]1COCCN1S(=O)(=O)c1ccc(OCc2ccncc2)cc1. The predicted octanol–water partition coefficient (Wildman–Crippen LogP) is 2.07. The lowest BCUT2D eigenvalue weighted by Gasteiger charge is -2.32. The van der Waals surface area contributed by atoms with E-state index in [0.29, 0.717) is 32.1 Å². The minimum Gasteiger partial charge on any atom is -0.489 e. The smallest absolute Gasteiger partial charge is 0.243 e. The van der Waals surface area contributed by atoms with Gasteiger partial charge in [0.25, 0.3) is 0 Å². The molecular formula is C17H20N2O4S. The summed E-state index contributed by atoms with van der Waals surface area (Å²) < 4.78 is 37.9. The number of ether oxygens (including phenoxy) is 2. The van der Waals surface area contributed by atoms with Crippen molar-refractivity contribution in [3.63, 3.8) is 0 Å². The van der Waals surface area contributed by atoms with Crippen LogP contribution in [0.2, 0.25) is 0 Å². The number of sulfonamides is 1. The van der Waals surface area contributed by atoms with Gasteiger partial charge in [0.05, 0.1) is 18.1 Å². The van der Waals surface area contributed by atoms with Gasteiger partial charge in [-0.05, 0) is 48.9 Å². The molecular weight excluding hydrogens is 328 g/mol. The molecule has 1 saturated heterocycles. The van der Waals surface area contributed by atoms with E-state index >= 15 is 0 Å². The van der Waals surface area contributed by atoms with Gasteiger partial charge in [-0.25, -0.2) is 8.42 Å². The normalized spacial score (nSPS) is 19.1. The zero-order valence-corrected chi connectivity index (χ0v) is 14.3. The highest BCUT2D eigenvalue weighted by Gasteiger charge is 2.31. The van der Waals surface area contributed by atoms with Crippen LogP contribution in [0.4, 0.5) is 0 Å². The summed E-state index contributed by atoms with van der Waals surface area (Å²) in [6.45, 7) is 3.49. The minimum absolute atomic E-state index is 0.161. The lowest BCUT2D eigenvalue weighted by molar-refractivity contribution is 0.0393. The molecule has 6 nitrogen and oxygen atoms in total. The molecule has 0 aliphatic carbocycles. The largest absolute Gasteiger partial charge is 0.489 e. The molecule has 0 amide bonds. The second-order valence-electron chi connectivity index (χ2n) is 5.66. The third kappa shape index (κ3) is 3.75.